The molecular weight excluding hydrogens is 410 g/mol. The van der Waals surface area contributed by atoms with E-state index in [1.165, 1.54) is 0 Å². The first kappa shape index (κ1) is 19.8. The first-order valence-electron chi connectivity index (χ1n) is 10.2. The van der Waals surface area contributed by atoms with Crippen LogP contribution in [0.3, 0.4) is 0 Å². The highest BCUT2D eigenvalue weighted by Gasteiger charge is 2.35. The molecule has 0 bridgehead atoms. The molecule has 0 saturated carbocycles. The van der Waals surface area contributed by atoms with Gasteiger partial charge in [-0.1, -0.05) is 5.16 Å². The molecule has 164 valence electrons. The lowest BCUT2D eigenvalue weighted by molar-refractivity contribution is 0.314. The van der Waals surface area contributed by atoms with Gasteiger partial charge in [-0.15, -0.1) is 0 Å². The predicted octanol–water partition coefficient (Wildman–Crippen LogP) is 3.30. The maximum Gasteiger partial charge on any atom is 0.231 e. The van der Waals surface area contributed by atoms with Gasteiger partial charge in [-0.3, -0.25) is 5.10 Å². The number of hydrogen-bond acceptors (Lipinski definition) is 10. The third-order valence-corrected chi connectivity index (χ3v) is 5.32. The molecule has 0 amide bonds. The summed E-state index contributed by atoms with van der Waals surface area (Å²) in [6.07, 6.45) is 2.64. The fourth-order valence-electron chi connectivity index (χ4n) is 3.63. The Morgan fingerprint density at radius 1 is 1.22 bits per heavy atom. The highest BCUT2D eigenvalue weighted by molar-refractivity contribution is 5.72. The molecule has 1 aliphatic heterocycles. The molecule has 3 N–H and O–H groups in total. The average molecular weight is 433 g/mol. The Morgan fingerprint density at radius 3 is 2.84 bits per heavy atom. The lowest BCUT2D eigenvalue weighted by atomic mass is 10.0. The van der Waals surface area contributed by atoms with Crippen LogP contribution in [0.15, 0.2) is 41.1 Å². The quantitative estimate of drug-likeness (QED) is 0.399. The van der Waals surface area contributed by atoms with Gasteiger partial charge >= 0.3 is 0 Å². The number of aromatic nitrogens is 6. The number of rotatable bonds is 7. The maximum absolute atomic E-state index is 5.70. The van der Waals surface area contributed by atoms with Gasteiger partial charge in [0.1, 0.15) is 17.3 Å². The largest absolute Gasteiger partial charge is 0.481 e. The molecule has 1 fully saturated rings. The van der Waals surface area contributed by atoms with Gasteiger partial charge in [0, 0.05) is 49.2 Å². The minimum absolute atomic E-state index is 0.0152. The highest BCUT2D eigenvalue weighted by atomic mass is 16.5. The van der Waals surface area contributed by atoms with Crippen LogP contribution in [0, 0.1) is 6.92 Å². The number of nitrogens with one attached hydrogen (secondary N) is 3. The number of hydrogen-bond donors (Lipinski definition) is 3. The molecule has 5 rings (SSSR count). The fraction of sp³-hybridized carbons (Fsp3) is 0.286. The van der Waals surface area contributed by atoms with E-state index in [1.807, 2.05) is 38.2 Å². The summed E-state index contributed by atoms with van der Waals surface area (Å²) in [5.74, 6) is 3.77. The summed E-state index contributed by atoms with van der Waals surface area (Å²) in [7, 11) is 3.41. The van der Waals surface area contributed by atoms with E-state index in [4.69, 9.17) is 9.26 Å². The molecule has 0 aliphatic carbocycles. The van der Waals surface area contributed by atoms with E-state index in [0.717, 1.165) is 41.5 Å². The molecule has 4 aromatic heterocycles. The molecule has 1 unspecified atom stereocenters. The number of nitrogens with zero attached hydrogens (tertiary/aromatic N) is 6. The number of aryl methyl sites for hydroxylation is 1. The molecule has 32 heavy (non-hydrogen) atoms. The number of H-pyrrole nitrogens is 1. The Kier molecular flexibility index (Phi) is 5.06. The Hall–Kier alpha value is -4.15. The smallest absolute Gasteiger partial charge is 0.231 e. The molecule has 5 heterocycles. The molecule has 11 heteroatoms. The van der Waals surface area contributed by atoms with Gasteiger partial charge in [-0.25, -0.2) is 4.98 Å². The van der Waals surface area contributed by atoms with E-state index in [9.17, 15) is 0 Å². The van der Waals surface area contributed by atoms with Crippen molar-refractivity contribution in [3.63, 3.8) is 0 Å². The average Bonchev–Trinajstić information content (AvgIpc) is 3.42. The first-order valence-corrected chi connectivity index (χ1v) is 10.2. The van der Waals surface area contributed by atoms with Crippen LogP contribution in [0.5, 0.6) is 5.88 Å². The second-order valence-corrected chi connectivity index (χ2v) is 7.42. The van der Waals surface area contributed by atoms with Crippen molar-refractivity contribution in [2.45, 2.75) is 19.4 Å². The van der Waals surface area contributed by atoms with Crippen molar-refractivity contribution in [1.82, 2.24) is 30.3 Å². The van der Waals surface area contributed by atoms with Crippen LogP contribution >= 0.6 is 0 Å². The van der Waals surface area contributed by atoms with Crippen LogP contribution in [0.25, 0.3) is 11.3 Å². The number of methoxy groups -OCH3 is 1. The van der Waals surface area contributed by atoms with Gasteiger partial charge in [0.2, 0.25) is 11.8 Å². The molecule has 1 aliphatic rings. The zero-order valence-electron chi connectivity index (χ0n) is 18.0. The maximum atomic E-state index is 5.70. The topological polar surface area (TPSA) is 130 Å². The van der Waals surface area contributed by atoms with Gasteiger partial charge in [0.15, 0.2) is 11.6 Å². The highest BCUT2D eigenvalue weighted by Crippen LogP contribution is 2.39. The summed E-state index contributed by atoms with van der Waals surface area (Å²) in [5.41, 5.74) is 2.56. The number of aromatic amines is 1. The molecule has 0 aromatic carbocycles. The van der Waals surface area contributed by atoms with Crippen LogP contribution in [-0.2, 0) is 0 Å². The third kappa shape index (κ3) is 3.68. The van der Waals surface area contributed by atoms with Crippen LogP contribution in [0.4, 0.5) is 23.4 Å². The summed E-state index contributed by atoms with van der Waals surface area (Å²) in [6, 6.07) is 9.39. The number of pyridine rings is 1. The second-order valence-electron chi connectivity index (χ2n) is 7.42. The van der Waals surface area contributed by atoms with E-state index in [-0.39, 0.29) is 6.04 Å². The molecule has 1 atom stereocenters. The van der Waals surface area contributed by atoms with Gasteiger partial charge in [0.25, 0.3) is 0 Å². The van der Waals surface area contributed by atoms with E-state index in [1.54, 1.807) is 19.4 Å². The molecule has 0 spiro atoms. The fourth-order valence-corrected chi connectivity index (χ4v) is 3.63. The number of ether oxygens (including phenoxy) is 1. The van der Waals surface area contributed by atoms with Crippen LogP contribution in [0.1, 0.15) is 23.9 Å². The van der Waals surface area contributed by atoms with Crippen LogP contribution in [-0.4, -0.2) is 51.0 Å². The first-order chi connectivity index (χ1) is 15.6. The van der Waals surface area contributed by atoms with Crippen molar-refractivity contribution in [2.75, 3.05) is 36.2 Å². The summed E-state index contributed by atoms with van der Waals surface area (Å²) in [4.78, 5) is 15.6. The van der Waals surface area contributed by atoms with Crippen molar-refractivity contribution in [3.8, 4) is 17.1 Å². The minimum atomic E-state index is -0.0152. The Morgan fingerprint density at radius 2 is 2.12 bits per heavy atom. The monoisotopic (exact) mass is 433 g/mol. The lowest BCUT2D eigenvalue weighted by Gasteiger charge is -2.39. The van der Waals surface area contributed by atoms with Gasteiger partial charge < -0.3 is 24.8 Å². The van der Waals surface area contributed by atoms with Crippen molar-refractivity contribution >= 4 is 23.4 Å². The van der Waals surface area contributed by atoms with E-state index < -0.39 is 0 Å². The van der Waals surface area contributed by atoms with Crippen molar-refractivity contribution < 1.29 is 9.26 Å². The van der Waals surface area contributed by atoms with Crippen LogP contribution < -0.4 is 20.3 Å². The van der Waals surface area contributed by atoms with Crippen molar-refractivity contribution in [2.24, 2.45) is 0 Å². The van der Waals surface area contributed by atoms with Gasteiger partial charge in [0.05, 0.1) is 13.2 Å². The van der Waals surface area contributed by atoms with Gasteiger partial charge in [-0.05, 0) is 25.5 Å². The summed E-state index contributed by atoms with van der Waals surface area (Å²) >= 11 is 0. The normalized spacial score (nSPS) is 15.3. The predicted molar refractivity (Wildman–Crippen MR) is 119 cm³/mol. The van der Waals surface area contributed by atoms with E-state index >= 15 is 0 Å². The van der Waals surface area contributed by atoms with Crippen molar-refractivity contribution in [1.29, 1.82) is 0 Å². The SMILES string of the molecule is CNc1ncccc1-c1cc(C2CCN2c2nc(Nc3cc(C)[nH]n3)cc(OC)n2)on1. The zero-order chi connectivity index (χ0) is 22.1. The number of anilines is 4. The molecule has 4 aromatic rings. The van der Waals surface area contributed by atoms with Crippen LogP contribution in [0.2, 0.25) is 0 Å². The summed E-state index contributed by atoms with van der Waals surface area (Å²) < 4.78 is 11.1. The zero-order valence-corrected chi connectivity index (χ0v) is 18.0. The Balaban J connectivity index is 1.40. The summed E-state index contributed by atoms with van der Waals surface area (Å²) in [5, 5.41) is 17.6. The van der Waals surface area contributed by atoms with E-state index in [0.29, 0.717) is 23.5 Å². The summed E-state index contributed by atoms with van der Waals surface area (Å²) in [6.45, 7) is 2.73. The second kappa shape index (κ2) is 8.17. The molecule has 11 nitrogen and oxygen atoms in total. The van der Waals surface area contributed by atoms with Gasteiger partial charge in [-0.2, -0.15) is 15.1 Å². The standard InChI is InChI=1S/C21H23N9O2/c1-12-9-18(28-27-12)24-17-11-19(31-3)26-21(25-17)30-8-6-15(30)16-10-14(29-32-16)13-5-4-7-23-20(13)22-2/h4-5,7,9-11,15H,6,8H2,1-3H3,(H,22,23)(H2,24,25,26,27,28). The Labute approximate surface area is 184 Å². The third-order valence-electron chi connectivity index (χ3n) is 5.32. The van der Waals surface area contributed by atoms with Crippen molar-refractivity contribution in [3.05, 3.63) is 48.0 Å². The minimum Gasteiger partial charge on any atom is -0.481 e. The molecule has 1 saturated heterocycles. The Bertz CT molecular complexity index is 1240. The lowest BCUT2D eigenvalue weighted by Crippen LogP contribution is -2.42. The molecular formula is C21H23N9O2. The molecule has 0 radical (unpaired) electrons. The van der Waals surface area contributed by atoms with E-state index in [2.05, 4.69) is 45.8 Å².